The van der Waals surface area contributed by atoms with Gasteiger partial charge in [0.05, 0.1) is 19.3 Å². The van der Waals surface area contributed by atoms with Gasteiger partial charge >= 0.3 is 0 Å². The molecule has 1 aromatic heterocycles. The highest BCUT2D eigenvalue weighted by molar-refractivity contribution is 5.08. The molecule has 0 fully saturated rings. The molecule has 2 N–H and O–H groups in total. The highest BCUT2D eigenvalue weighted by Crippen LogP contribution is 1.92. The lowest BCUT2D eigenvalue weighted by atomic mass is 10.3. The van der Waals surface area contributed by atoms with Gasteiger partial charge in [0.2, 0.25) is 0 Å². The normalized spacial score (nSPS) is 12.8. The van der Waals surface area contributed by atoms with Crippen molar-refractivity contribution in [2.75, 3.05) is 6.61 Å². The molecule has 0 saturated carbocycles. The van der Waals surface area contributed by atoms with Crippen LogP contribution in [0.2, 0.25) is 0 Å². The van der Waals surface area contributed by atoms with Crippen LogP contribution in [0.5, 0.6) is 0 Å². The highest BCUT2D eigenvalue weighted by atomic mass is 16.3. The highest BCUT2D eigenvalue weighted by Gasteiger charge is 2.03. The SMILES string of the molecule is Cc1ccn(CC(O)CO)c(=O)c1. The van der Waals surface area contributed by atoms with Gasteiger partial charge in [-0.15, -0.1) is 0 Å². The maximum Gasteiger partial charge on any atom is 0.250 e. The molecule has 0 aliphatic heterocycles. The summed E-state index contributed by atoms with van der Waals surface area (Å²) in [5.74, 6) is 0. The second kappa shape index (κ2) is 4.20. The molecule has 1 rings (SSSR count). The molecule has 0 radical (unpaired) electrons. The van der Waals surface area contributed by atoms with E-state index < -0.39 is 6.10 Å². The summed E-state index contributed by atoms with van der Waals surface area (Å²) in [7, 11) is 0. The predicted molar refractivity (Wildman–Crippen MR) is 48.5 cm³/mol. The number of nitrogens with zero attached hydrogens (tertiary/aromatic N) is 1. The lowest BCUT2D eigenvalue weighted by molar-refractivity contribution is 0.0804. The van der Waals surface area contributed by atoms with Crippen molar-refractivity contribution in [2.24, 2.45) is 0 Å². The number of aromatic nitrogens is 1. The Labute approximate surface area is 76.1 Å². The number of hydrogen-bond donors (Lipinski definition) is 2. The van der Waals surface area contributed by atoms with Crippen molar-refractivity contribution in [1.29, 1.82) is 0 Å². The average molecular weight is 183 g/mol. The van der Waals surface area contributed by atoms with E-state index in [1.54, 1.807) is 12.3 Å². The van der Waals surface area contributed by atoms with Crippen molar-refractivity contribution in [3.8, 4) is 0 Å². The number of rotatable bonds is 3. The van der Waals surface area contributed by atoms with E-state index in [0.717, 1.165) is 5.56 Å². The average Bonchev–Trinajstić information content (AvgIpc) is 2.09. The molecule has 1 atom stereocenters. The minimum Gasteiger partial charge on any atom is -0.394 e. The fourth-order valence-corrected chi connectivity index (χ4v) is 1.04. The topological polar surface area (TPSA) is 62.5 Å². The van der Waals surface area contributed by atoms with Crippen LogP contribution in [0, 0.1) is 6.92 Å². The maximum absolute atomic E-state index is 11.3. The van der Waals surface area contributed by atoms with E-state index in [1.165, 1.54) is 10.6 Å². The van der Waals surface area contributed by atoms with Crippen LogP contribution in [0.4, 0.5) is 0 Å². The summed E-state index contributed by atoms with van der Waals surface area (Å²) in [5, 5.41) is 17.7. The van der Waals surface area contributed by atoms with Crippen molar-refractivity contribution in [3.63, 3.8) is 0 Å². The van der Waals surface area contributed by atoms with Gasteiger partial charge in [0.1, 0.15) is 0 Å². The Hall–Kier alpha value is -1.13. The summed E-state index contributed by atoms with van der Waals surface area (Å²) in [4.78, 5) is 11.3. The second-order valence-electron chi connectivity index (χ2n) is 3.03. The Morgan fingerprint density at radius 3 is 2.85 bits per heavy atom. The van der Waals surface area contributed by atoms with Crippen molar-refractivity contribution < 1.29 is 10.2 Å². The van der Waals surface area contributed by atoms with Crippen molar-refractivity contribution in [2.45, 2.75) is 19.6 Å². The minimum atomic E-state index is -0.875. The molecule has 0 amide bonds. The number of aryl methyl sites for hydroxylation is 1. The fraction of sp³-hybridized carbons (Fsp3) is 0.444. The largest absolute Gasteiger partial charge is 0.394 e. The quantitative estimate of drug-likeness (QED) is 0.664. The molecule has 72 valence electrons. The van der Waals surface area contributed by atoms with E-state index in [2.05, 4.69) is 0 Å². The zero-order chi connectivity index (χ0) is 9.84. The summed E-state index contributed by atoms with van der Waals surface area (Å²) in [6, 6.07) is 3.27. The maximum atomic E-state index is 11.3. The molecule has 0 saturated heterocycles. The van der Waals surface area contributed by atoms with Crippen LogP contribution < -0.4 is 5.56 Å². The lowest BCUT2D eigenvalue weighted by Gasteiger charge is -2.09. The summed E-state index contributed by atoms with van der Waals surface area (Å²) < 4.78 is 1.37. The molecule has 1 heterocycles. The molecule has 4 nitrogen and oxygen atoms in total. The summed E-state index contributed by atoms with van der Waals surface area (Å²) in [5.41, 5.74) is 0.729. The first-order chi connectivity index (χ1) is 6.13. The van der Waals surface area contributed by atoms with E-state index in [-0.39, 0.29) is 18.7 Å². The van der Waals surface area contributed by atoms with Gasteiger partial charge in [-0.05, 0) is 18.6 Å². The van der Waals surface area contributed by atoms with Crippen LogP contribution in [0.3, 0.4) is 0 Å². The second-order valence-corrected chi connectivity index (χ2v) is 3.03. The molecule has 0 aliphatic rings. The molecule has 1 unspecified atom stereocenters. The Morgan fingerprint density at radius 2 is 2.31 bits per heavy atom. The van der Waals surface area contributed by atoms with Crippen LogP contribution in [0.25, 0.3) is 0 Å². The third kappa shape index (κ3) is 2.68. The molecule has 0 aliphatic carbocycles. The Bertz CT molecular complexity index is 332. The predicted octanol–water partition coefficient (Wildman–Crippen LogP) is -0.490. The van der Waals surface area contributed by atoms with Crippen molar-refractivity contribution in [1.82, 2.24) is 4.57 Å². The molecular formula is C9H13NO3. The van der Waals surface area contributed by atoms with Crippen molar-refractivity contribution in [3.05, 3.63) is 34.2 Å². The third-order valence-electron chi connectivity index (χ3n) is 1.77. The molecule has 1 aromatic rings. The number of pyridine rings is 1. The Morgan fingerprint density at radius 1 is 1.62 bits per heavy atom. The van der Waals surface area contributed by atoms with E-state index >= 15 is 0 Å². The summed E-state index contributed by atoms with van der Waals surface area (Å²) in [6.45, 7) is 1.63. The van der Waals surface area contributed by atoms with Gasteiger partial charge in [-0.3, -0.25) is 4.79 Å². The van der Waals surface area contributed by atoms with E-state index in [9.17, 15) is 4.79 Å². The first-order valence-electron chi connectivity index (χ1n) is 4.09. The fourth-order valence-electron chi connectivity index (χ4n) is 1.04. The van der Waals surface area contributed by atoms with Gasteiger partial charge in [0.15, 0.2) is 0 Å². The molecule has 0 aromatic carbocycles. The molecular weight excluding hydrogens is 170 g/mol. The number of hydrogen-bond acceptors (Lipinski definition) is 3. The van der Waals surface area contributed by atoms with Gasteiger partial charge in [-0.25, -0.2) is 0 Å². The van der Waals surface area contributed by atoms with Crippen LogP contribution in [0.15, 0.2) is 23.1 Å². The number of aliphatic hydroxyl groups is 2. The molecule has 0 bridgehead atoms. The zero-order valence-corrected chi connectivity index (χ0v) is 7.47. The zero-order valence-electron chi connectivity index (χ0n) is 7.47. The van der Waals surface area contributed by atoms with Gasteiger partial charge in [0, 0.05) is 12.3 Å². The first-order valence-corrected chi connectivity index (χ1v) is 4.09. The van der Waals surface area contributed by atoms with Crippen molar-refractivity contribution >= 4 is 0 Å². The molecule has 0 spiro atoms. The van der Waals surface area contributed by atoms with Gasteiger partial charge in [-0.2, -0.15) is 0 Å². The van der Waals surface area contributed by atoms with Crippen LogP contribution in [-0.2, 0) is 6.54 Å². The smallest absolute Gasteiger partial charge is 0.250 e. The van der Waals surface area contributed by atoms with E-state index in [4.69, 9.17) is 10.2 Å². The lowest BCUT2D eigenvalue weighted by Crippen LogP contribution is -2.27. The van der Waals surface area contributed by atoms with Crippen LogP contribution in [0.1, 0.15) is 5.56 Å². The Kier molecular flexibility index (Phi) is 3.22. The van der Waals surface area contributed by atoms with Crippen LogP contribution in [-0.4, -0.2) is 27.5 Å². The van der Waals surface area contributed by atoms with Gasteiger partial charge in [-0.1, -0.05) is 0 Å². The Balaban J connectivity index is 2.84. The molecule has 4 heteroatoms. The van der Waals surface area contributed by atoms with E-state index in [1.807, 2.05) is 6.92 Å². The van der Waals surface area contributed by atoms with Gasteiger partial charge < -0.3 is 14.8 Å². The minimum absolute atomic E-state index is 0.135. The standard InChI is InChI=1S/C9H13NO3/c1-7-2-3-10(9(13)4-7)5-8(12)6-11/h2-4,8,11-12H,5-6H2,1H3. The summed E-state index contributed by atoms with van der Waals surface area (Å²) >= 11 is 0. The van der Waals surface area contributed by atoms with Gasteiger partial charge in [0.25, 0.3) is 5.56 Å². The van der Waals surface area contributed by atoms with Crippen LogP contribution >= 0.6 is 0 Å². The van der Waals surface area contributed by atoms with E-state index in [0.29, 0.717) is 0 Å². The third-order valence-corrected chi connectivity index (χ3v) is 1.77. The monoisotopic (exact) mass is 183 g/mol. The first kappa shape index (κ1) is 9.95. The molecule has 13 heavy (non-hydrogen) atoms. The number of aliphatic hydroxyl groups excluding tert-OH is 2. The summed E-state index contributed by atoms with van der Waals surface area (Å²) in [6.07, 6.45) is 0.733.